The van der Waals surface area contributed by atoms with Gasteiger partial charge in [0, 0.05) is 17.8 Å². The van der Waals surface area contributed by atoms with Gasteiger partial charge >= 0.3 is 5.97 Å². The van der Waals surface area contributed by atoms with E-state index in [2.05, 4.69) is 20.8 Å². The highest BCUT2D eigenvalue weighted by Gasteiger charge is 2.72. The Kier molecular flexibility index (Phi) is 3.67. The van der Waals surface area contributed by atoms with Crippen molar-refractivity contribution in [1.29, 1.82) is 0 Å². The molecule has 1 saturated heterocycles. The number of carbonyl (C=O) groups excluding carboxylic acids is 2. The van der Waals surface area contributed by atoms with Crippen LogP contribution in [0.4, 0.5) is 0 Å². The number of aliphatic hydroxyl groups is 1. The molecule has 124 valence electrons. The Morgan fingerprint density at radius 3 is 2.73 bits per heavy atom. The Hall–Kier alpha value is -0.900. The lowest BCUT2D eigenvalue weighted by atomic mass is 9.46. The van der Waals surface area contributed by atoms with Gasteiger partial charge in [0.05, 0.1) is 5.41 Å². The molecule has 0 unspecified atom stereocenters. The molecule has 5 atom stereocenters. The molecule has 1 aliphatic heterocycles. The van der Waals surface area contributed by atoms with Crippen molar-refractivity contribution in [2.24, 2.45) is 22.7 Å². The number of Topliss-reactive ketones (excluding diaryl/α,β-unsaturated/α-hetero) is 1. The zero-order chi connectivity index (χ0) is 16.2. The summed E-state index contributed by atoms with van der Waals surface area (Å²) in [5, 5.41) is 9.02. The maximum Gasteiger partial charge on any atom is 0.312 e. The second-order valence-electron chi connectivity index (χ2n) is 8.20. The van der Waals surface area contributed by atoms with E-state index in [0.29, 0.717) is 18.8 Å². The van der Waals surface area contributed by atoms with Crippen molar-refractivity contribution in [3.63, 3.8) is 0 Å². The van der Waals surface area contributed by atoms with Crippen LogP contribution in [-0.4, -0.2) is 29.1 Å². The van der Waals surface area contributed by atoms with E-state index in [1.54, 1.807) is 0 Å². The second kappa shape index (κ2) is 5.05. The van der Waals surface area contributed by atoms with Gasteiger partial charge in [-0.15, -0.1) is 0 Å². The van der Waals surface area contributed by atoms with E-state index in [9.17, 15) is 9.59 Å². The van der Waals surface area contributed by atoms with E-state index in [-0.39, 0.29) is 28.5 Å². The fourth-order valence-electron chi connectivity index (χ4n) is 5.67. The van der Waals surface area contributed by atoms with Crippen molar-refractivity contribution >= 4 is 11.8 Å². The number of rotatable bonds is 4. The van der Waals surface area contributed by atoms with Crippen LogP contribution < -0.4 is 0 Å². The molecule has 3 aliphatic rings. The minimum atomic E-state index is -0.398. The minimum Gasteiger partial charge on any atom is -0.458 e. The quantitative estimate of drug-likeness (QED) is 0.811. The van der Waals surface area contributed by atoms with Gasteiger partial charge in [0.25, 0.3) is 0 Å². The van der Waals surface area contributed by atoms with Gasteiger partial charge in [-0.25, -0.2) is 0 Å². The lowest BCUT2D eigenvalue weighted by molar-refractivity contribution is -0.187. The molecule has 0 spiro atoms. The van der Waals surface area contributed by atoms with Crippen LogP contribution in [0.1, 0.15) is 65.7 Å². The number of aliphatic hydroxyl groups excluding tert-OH is 1. The first-order valence-electron chi connectivity index (χ1n) is 8.66. The molecule has 0 aromatic carbocycles. The highest BCUT2D eigenvalue weighted by Crippen LogP contribution is 2.68. The fraction of sp³-hybridized carbons (Fsp3) is 0.889. The summed E-state index contributed by atoms with van der Waals surface area (Å²) in [6.45, 7) is 6.12. The maximum atomic E-state index is 12.6. The van der Waals surface area contributed by atoms with Gasteiger partial charge in [-0.2, -0.15) is 0 Å². The van der Waals surface area contributed by atoms with E-state index < -0.39 is 12.2 Å². The molecule has 1 N–H and O–H groups in total. The molecular formula is C18H28O4. The van der Waals surface area contributed by atoms with Gasteiger partial charge in [0.2, 0.25) is 0 Å². The first-order valence-corrected chi connectivity index (χ1v) is 8.66. The van der Waals surface area contributed by atoms with Crippen molar-refractivity contribution in [2.75, 3.05) is 6.61 Å². The molecule has 2 bridgehead atoms. The van der Waals surface area contributed by atoms with Crippen molar-refractivity contribution in [3.8, 4) is 0 Å². The van der Waals surface area contributed by atoms with E-state index in [0.717, 1.165) is 32.1 Å². The van der Waals surface area contributed by atoms with Gasteiger partial charge < -0.3 is 9.84 Å². The third-order valence-electron chi connectivity index (χ3n) is 7.36. The van der Waals surface area contributed by atoms with E-state index in [4.69, 9.17) is 9.84 Å². The molecule has 1 heterocycles. The Morgan fingerprint density at radius 1 is 1.32 bits per heavy atom. The molecule has 4 heteroatoms. The zero-order valence-electron chi connectivity index (χ0n) is 14.0. The molecule has 4 nitrogen and oxygen atoms in total. The van der Waals surface area contributed by atoms with Crippen molar-refractivity contribution in [2.45, 2.75) is 71.3 Å². The third-order valence-corrected chi connectivity index (χ3v) is 7.36. The Balaban J connectivity index is 1.97. The monoisotopic (exact) mass is 308 g/mol. The normalized spacial score (nSPS) is 47.0. The van der Waals surface area contributed by atoms with Crippen LogP contribution in [0.5, 0.6) is 0 Å². The molecular weight excluding hydrogens is 280 g/mol. The zero-order valence-corrected chi connectivity index (χ0v) is 14.0. The summed E-state index contributed by atoms with van der Waals surface area (Å²) in [7, 11) is 0. The van der Waals surface area contributed by atoms with E-state index in [1.165, 1.54) is 0 Å². The average molecular weight is 308 g/mol. The van der Waals surface area contributed by atoms with Crippen molar-refractivity contribution < 1.29 is 19.4 Å². The standard InChI is InChI=1S/C18H28O4/c1-12-5-6-14-16(2)8-4-9-18(14,22-15(16)21)17(12,3)10-7-13(20)11-19/h12,14,19H,4-11H2,1-3H3/t12-,14+,16+,17+,18-/m1/s1. The lowest BCUT2D eigenvalue weighted by Crippen LogP contribution is -2.60. The molecule has 2 aliphatic carbocycles. The number of hydrogen-bond acceptors (Lipinski definition) is 4. The summed E-state index contributed by atoms with van der Waals surface area (Å²) in [5.74, 6) is 0.564. The van der Waals surface area contributed by atoms with Gasteiger partial charge in [-0.05, 0) is 51.4 Å². The predicted molar refractivity (Wildman–Crippen MR) is 82.1 cm³/mol. The number of ether oxygens (including phenoxy) is 1. The van der Waals surface area contributed by atoms with Gasteiger partial charge in [0.15, 0.2) is 5.78 Å². The summed E-state index contributed by atoms with van der Waals surface area (Å²) >= 11 is 0. The summed E-state index contributed by atoms with van der Waals surface area (Å²) in [6.07, 6.45) is 6.09. The Labute approximate surface area is 132 Å². The molecule has 0 aromatic heterocycles. The van der Waals surface area contributed by atoms with E-state index in [1.807, 2.05) is 0 Å². The summed E-state index contributed by atoms with van der Waals surface area (Å²) in [4.78, 5) is 24.2. The molecule has 3 rings (SSSR count). The van der Waals surface area contributed by atoms with Crippen LogP contribution in [0, 0.1) is 22.7 Å². The predicted octanol–water partition coefficient (Wildman–Crippen LogP) is 2.87. The molecule has 22 heavy (non-hydrogen) atoms. The molecule has 0 aromatic rings. The summed E-state index contributed by atoms with van der Waals surface area (Å²) in [5.41, 5.74) is -0.903. The summed E-state index contributed by atoms with van der Waals surface area (Å²) in [6, 6.07) is 0. The molecule has 0 amide bonds. The third kappa shape index (κ3) is 1.85. The first-order chi connectivity index (χ1) is 10.3. The van der Waals surface area contributed by atoms with Crippen LogP contribution >= 0.6 is 0 Å². The van der Waals surface area contributed by atoms with Gasteiger partial charge in [-0.3, -0.25) is 9.59 Å². The lowest BCUT2D eigenvalue weighted by Gasteiger charge is -2.58. The maximum absolute atomic E-state index is 12.6. The Bertz CT molecular complexity index is 501. The van der Waals surface area contributed by atoms with Crippen LogP contribution in [0.3, 0.4) is 0 Å². The highest BCUT2D eigenvalue weighted by atomic mass is 16.6. The van der Waals surface area contributed by atoms with Crippen molar-refractivity contribution in [3.05, 3.63) is 0 Å². The molecule has 0 radical (unpaired) electrons. The van der Waals surface area contributed by atoms with Crippen LogP contribution in [0.2, 0.25) is 0 Å². The second-order valence-corrected chi connectivity index (χ2v) is 8.20. The number of esters is 1. The van der Waals surface area contributed by atoms with Gasteiger partial charge in [-0.1, -0.05) is 13.8 Å². The molecule has 3 fully saturated rings. The summed E-state index contributed by atoms with van der Waals surface area (Å²) < 4.78 is 6.12. The number of carbonyl (C=O) groups is 2. The highest BCUT2D eigenvalue weighted by molar-refractivity contribution is 5.81. The fourth-order valence-corrected chi connectivity index (χ4v) is 5.67. The average Bonchev–Trinajstić information content (AvgIpc) is 2.61. The van der Waals surface area contributed by atoms with Crippen LogP contribution in [0.25, 0.3) is 0 Å². The Morgan fingerprint density at radius 2 is 2.05 bits per heavy atom. The van der Waals surface area contributed by atoms with Gasteiger partial charge in [0.1, 0.15) is 12.2 Å². The van der Waals surface area contributed by atoms with Crippen molar-refractivity contribution in [1.82, 2.24) is 0 Å². The number of hydrogen-bond donors (Lipinski definition) is 1. The largest absolute Gasteiger partial charge is 0.458 e. The number of ketones is 1. The van der Waals surface area contributed by atoms with Crippen LogP contribution in [0.15, 0.2) is 0 Å². The molecule has 2 saturated carbocycles. The van der Waals surface area contributed by atoms with E-state index >= 15 is 0 Å². The topological polar surface area (TPSA) is 63.6 Å². The minimum absolute atomic E-state index is 0.0243. The SMILES string of the molecule is C[C@@H]1CC[C@H]2[C@]3(C)CCC[C@]2(OC3=O)[C@@]1(C)CCC(=O)CO. The smallest absolute Gasteiger partial charge is 0.312 e. The first kappa shape index (κ1) is 16.0. The van der Waals surface area contributed by atoms with Crippen LogP contribution in [-0.2, 0) is 14.3 Å².